The van der Waals surface area contributed by atoms with Gasteiger partial charge in [-0.3, -0.25) is 4.79 Å². The first-order valence-corrected chi connectivity index (χ1v) is 7.24. The number of aliphatic carboxylic acids is 1. The number of ether oxygens (including phenoxy) is 2. The summed E-state index contributed by atoms with van der Waals surface area (Å²) in [6.45, 7) is 4.69. The molecule has 0 aliphatic rings. The minimum absolute atomic E-state index is 0.429. The lowest BCUT2D eigenvalue weighted by Crippen LogP contribution is -2.33. The van der Waals surface area contributed by atoms with E-state index in [1.807, 2.05) is 19.1 Å². The Morgan fingerprint density at radius 1 is 1.45 bits per heavy atom. The Kier molecular flexibility index (Phi) is 6.81. The van der Waals surface area contributed by atoms with E-state index >= 15 is 0 Å². The largest absolute Gasteiger partial charge is 0.493 e. The highest BCUT2D eigenvalue weighted by molar-refractivity contribution is 9.10. The standard InChI is InChI=1S/C14H20BrNO4/c1-4-5-20-13-7-11(15)10(6-12(13)19-3)8-16-9(2)14(17)18/h6-7,9,16H,4-5,8H2,1-3H3,(H,17,18). The van der Waals surface area contributed by atoms with E-state index in [0.29, 0.717) is 24.7 Å². The average Bonchev–Trinajstić information content (AvgIpc) is 2.43. The lowest BCUT2D eigenvalue weighted by atomic mass is 10.2. The number of carboxylic acids is 1. The van der Waals surface area contributed by atoms with Gasteiger partial charge in [-0.15, -0.1) is 0 Å². The third-order valence-electron chi connectivity index (χ3n) is 2.76. The first-order valence-electron chi connectivity index (χ1n) is 6.45. The van der Waals surface area contributed by atoms with Crippen molar-refractivity contribution in [2.45, 2.75) is 32.9 Å². The quantitative estimate of drug-likeness (QED) is 0.758. The molecule has 20 heavy (non-hydrogen) atoms. The number of carbonyl (C=O) groups is 1. The van der Waals surface area contributed by atoms with Crippen LogP contribution in [0.3, 0.4) is 0 Å². The normalized spacial score (nSPS) is 12.0. The van der Waals surface area contributed by atoms with Crippen LogP contribution in [0.2, 0.25) is 0 Å². The maximum absolute atomic E-state index is 10.8. The number of rotatable bonds is 8. The molecule has 0 aliphatic carbocycles. The maximum atomic E-state index is 10.8. The summed E-state index contributed by atoms with van der Waals surface area (Å²) in [6, 6.07) is 3.08. The Balaban J connectivity index is 2.84. The average molecular weight is 346 g/mol. The van der Waals surface area contributed by atoms with Crippen molar-refractivity contribution in [3.05, 3.63) is 22.2 Å². The number of hydrogen-bond acceptors (Lipinski definition) is 4. The summed E-state index contributed by atoms with van der Waals surface area (Å²) in [5, 5.41) is 11.8. The monoisotopic (exact) mass is 345 g/mol. The highest BCUT2D eigenvalue weighted by Gasteiger charge is 2.13. The Bertz CT molecular complexity index is 465. The molecule has 112 valence electrons. The second kappa shape index (κ2) is 8.11. The van der Waals surface area contributed by atoms with E-state index < -0.39 is 12.0 Å². The molecule has 1 aromatic rings. The van der Waals surface area contributed by atoms with Crippen molar-refractivity contribution in [1.29, 1.82) is 0 Å². The molecule has 0 radical (unpaired) electrons. The third-order valence-corrected chi connectivity index (χ3v) is 3.50. The molecule has 1 aromatic carbocycles. The summed E-state index contributed by atoms with van der Waals surface area (Å²) in [4.78, 5) is 10.8. The molecule has 0 heterocycles. The van der Waals surface area contributed by atoms with Crippen molar-refractivity contribution in [1.82, 2.24) is 5.32 Å². The summed E-state index contributed by atoms with van der Waals surface area (Å²) in [6.07, 6.45) is 0.917. The van der Waals surface area contributed by atoms with E-state index in [2.05, 4.69) is 21.2 Å². The molecule has 1 unspecified atom stereocenters. The molecule has 0 amide bonds. The number of halogens is 1. The van der Waals surface area contributed by atoms with E-state index in [-0.39, 0.29) is 0 Å². The van der Waals surface area contributed by atoms with Gasteiger partial charge in [-0.25, -0.2) is 0 Å². The van der Waals surface area contributed by atoms with Gasteiger partial charge in [-0.2, -0.15) is 0 Å². The van der Waals surface area contributed by atoms with Gasteiger partial charge in [-0.1, -0.05) is 22.9 Å². The first-order chi connectivity index (χ1) is 9.49. The van der Waals surface area contributed by atoms with E-state index in [4.69, 9.17) is 14.6 Å². The number of nitrogens with one attached hydrogen (secondary N) is 1. The van der Waals surface area contributed by atoms with Crippen LogP contribution in [0, 0.1) is 0 Å². The zero-order valence-corrected chi connectivity index (χ0v) is 13.5. The van der Waals surface area contributed by atoms with Crippen LogP contribution >= 0.6 is 15.9 Å². The number of benzene rings is 1. The molecule has 5 nitrogen and oxygen atoms in total. The van der Waals surface area contributed by atoms with Gasteiger partial charge in [0.05, 0.1) is 13.7 Å². The first kappa shape index (κ1) is 16.8. The van der Waals surface area contributed by atoms with Crippen LogP contribution in [0.15, 0.2) is 16.6 Å². The van der Waals surface area contributed by atoms with Crippen LogP contribution in [0.5, 0.6) is 11.5 Å². The molecule has 0 aliphatic heterocycles. The molecule has 0 aromatic heterocycles. The van der Waals surface area contributed by atoms with Crippen molar-refractivity contribution >= 4 is 21.9 Å². The topological polar surface area (TPSA) is 67.8 Å². The summed E-state index contributed by atoms with van der Waals surface area (Å²) >= 11 is 3.47. The fourth-order valence-corrected chi connectivity index (χ4v) is 2.01. The molecule has 6 heteroatoms. The van der Waals surface area contributed by atoms with Crippen LogP contribution in [0.4, 0.5) is 0 Å². The van der Waals surface area contributed by atoms with E-state index in [1.165, 1.54) is 0 Å². The summed E-state index contributed by atoms with van der Waals surface area (Å²) < 4.78 is 11.8. The van der Waals surface area contributed by atoms with E-state index in [1.54, 1.807) is 14.0 Å². The number of hydrogen-bond donors (Lipinski definition) is 2. The molecule has 0 bridgehead atoms. The molecule has 2 N–H and O–H groups in total. The van der Waals surface area contributed by atoms with Crippen molar-refractivity contribution in [2.75, 3.05) is 13.7 Å². The third kappa shape index (κ3) is 4.68. The van der Waals surface area contributed by atoms with Crippen LogP contribution in [0.25, 0.3) is 0 Å². The summed E-state index contributed by atoms with van der Waals surface area (Å²) in [5.41, 5.74) is 0.916. The van der Waals surface area contributed by atoms with Crippen LogP contribution < -0.4 is 14.8 Å². The van der Waals surface area contributed by atoms with Crippen LogP contribution in [0.1, 0.15) is 25.8 Å². The molecular weight excluding hydrogens is 326 g/mol. The molecule has 0 saturated carbocycles. The summed E-state index contributed by atoms with van der Waals surface area (Å²) in [5.74, 6) is 0.439. The smallest absolute Gasteiger partial charge is 0.320 e. The lowest BCUT2D eigenvalue weighted by Gasteiger charge is -2.15. The number of methoxy groups -OCH3 is 1. The van der Waals surface area contributed by atoms with Gasteiger partial charge in [0.25, 0.3) is 0 Å². The Morgan fingerprint density at radius 2 is 2.15 bits per heavy atom. The fraction of sp³-hybridized carbons (Fsp3) is 0.500. The second-order valence-corrected chi connectivity index (χ2v) is 5.24. The fourth-order valence-electron chi connectivity index (χ4n) is 1.55. The second-order valence-electron chi connectivity index (χ2n) is 4.38. The van der Waals surface area contributed by atoms with Crippen molar-refractivity contribution in [3.8, 4) is 11.5 Å². The van der Waals surface area contributed by atoms with E-state index in [0.717, 1.165) is 16.5 Å². The molecule has 1 atom stereocenters. The SMILES string of the molecule is CCCOc1cc(Br)c(CNC(C)C(=O)O)cc1OC. The van der Waals surface area contributed by atoms with Gasteiger partial charge in [0.1, 0.15) is 6.04 Å². The van der Waals surface area contributed by atoms with Gasteiger partial charge >= 0.3 is 5.97 Å². The van der Waals surface area contributed by atoms with Gasteiger partial charge in [0, 0.05) is 11.0 Å². The minimum Gasteiger partial charge on any atom is -0.493 e. The molecule has 0 saturated heterocycles. The molecule has 1 rings (SSSR count). The van der Waals surface area contributed by atoms with Gasteiger partial charge in [0.15, 0.2) is 11.5 Å². The van der Waals surface area contributed by atoms with Crippen LogP contribution in [-0.4, -0.2) is 30.8 Å². The zero-order chi connectivity index (χ0) is 15.1. The minimum atomic E-state index is -0.879. The highest BCUT2D eigenvalue weighted by Crippen LogP contribution is 2.33. The molecular formula is C14H20BrNO4. The van der Waals surface area contributed by atoms with Gasteiger partial charge in [0.2, 0.25) is 0 Å². The lowest BCUT2D eigenvalue weighted by molar-refractivity contribution is -0.139. The van der Waals surface area contributed by atoms with Crippen LogP contribution in [-0.2, 0) is 11.3 Å². The summed E-state index contributed by atoms with van der Waals surface area (Å²) in [7, 11) is 1.58. The van der Waals surface area contributed by atoms with Crippen molar-refractivity contribution in [2.24, 2.45) is 0 Å². The predicted octanol–water partition coefficient (Wildman–Crippen LogP) is 2.81. The Morgan fingerprint density at radius 3 is 2.70 bits per heavy atom. The Hall–Kier alpha value is -1.27. The van der Waals surface area contributed by atoms with E-state index in [9.17, 15) is 4.79 Å². The number of carboxylic acid groups (broad SMARTS) is 1. The predicted molar refractivity (Wildman–Crippen MR) is 80.4 cm³/mol. The van der Waals surface area contributed by atoms with Gasteiger partial charge < -0.3 is 19.9 Å². The van der Waals surface area contributed by atoms with Gasteiger partial charge in [-0.05, 0) is 31.0 Å². The zero-order valence-electron chi connectivity index (χ0n) is 11.9. The van der Waals surface area contributed by atoms with Crippen molar-refractivity contribution < 1.29 is 19.4 Å². The van der Waals surface area contributed by atoms with Crippen molar-refractivity contribution in [3.63, 3.8) is 0 Å². The molecule has 0 fully saturated rings. The molecule has 0 spiro atoms. The Labute approximate surface area is 127 Å². The highest BCUT2D eigenvalue weighted by atomic mass is 79.9. The maximum Gasteiger partial charge on any atom is 0.320 e.